The molecule has 7 rings (SSSR count). The smallest absolute Gasteiger partial charge is 0.319 e. The summed E-state index contributed by atoms with van der Waals surface area (Å²) in [6.45, 7) is 5.45. The van der Waals surface area contributed by atoms with Gasteiger partial charge in [-0.3, -0.25) is 4.79 Å². The molecule has 5 heterocycles. The summed E-state index contributed by atoms with van der Waals surface area (Å²) in [4.78, 5) is 29.1. The Morgan fingerprint density at radius 2 is 2.07 bits per heavy atom. The van der Waals surface area contributed by atoms with Crippen LogP contribution in [0.2, 0.25) is 5.02 Å². The van der Waals surface area contributed by atoms with E-state index in [2.05, 4.69) is 26.3 Å². The molecule has 0 radical (unpaired) electrons. The molecule has 13 nitrogen and oxygen atoms in total. The fourth-order valence-corrected chi connectivity index (χ4v) is 8.61. The lowest BCUT2D eigenvalue weighted by atomic mass is 9.96. The van der Waals surface area contributed by atoms with Crippen LogP contribution in [0, 0.1) is 23.0 Å². The van der Waals surface area contributed by atoms with Crippen LogP contribution in [0.15, 0.2) is 30.5 Å². The van der Waals surface area contributed by atoms with Crippen molar-refractivity contribution in [1.82, 2.24) is 19.9 Å². The molecule has 0 amide bonds. The van der Waals surface area contributed by atoms with Gasteiger partial charge in [0, 0.05) is 35.7 Å². The van der Waals surface area contributed by atoms with Gasteiger partial charge in [0.05, 0.1) is 38.9 Å². The van der Waals surface area contributed by atoms with Gasteiger partial charge < -0.3 is 40.2 Å². The van der Waals surface area contributed by atoms with E-state index in [1.165, 1.54) is 13.0 Å². The van der Waals surface area contributed by atoms with E-state index in [9.17, 15) is 15.2 Å². The average molecular weight is 779 g/mol. The second-order valence-corrected chi connectivity index (χ2v) is 14.7. The molecule has 1 fully saturated rings. The number of aromatic nitrogens is 3. The number of ether oxygens (including phenoxy) is 3. The first-order chi connectivity index (χ1) is 25.9. The molecule has 3 aromatic heterocycles. The summed E-state index contributed by atoms with van der Waals surface area (Å²) in [6.07, 6.45) is 2.47. The van der Waals surface area contributed by atoms with Gasteiger partial charge in [0.1, 0.15) is 47.3 Å². The molecular formula is C37H37ClF2N8O5S. The number of hydrogen-bond acceptors (Lipinski definition) is 14. The molecule has 5 aromatic rings. The normalized spacial score (nSPS) is 18.2. The number of rotatable bonds is 10. The van der Waals surface area contributed by atoms with Crippen LogP contribution in [-0.2, 0) is 9.53 Å². The van der Waals surface area contributed by atoms with E-state index in [4.69, 9.17) is 36.5 Å². The zero-order chi connectivity index (χ0) is 38.4. The molecular weight excluding hydrogens is 742 g/mol. The molecule has 282 valence electrons. The van der Waals surface area contributed by atoms with Crippen molar-refractivity contribution in [2.45, 2.75) is 57.8 Å². The molecule has 1 saturated heterocycles. The van der Waals surface area contributed by atoms with Gasteiger partial charge in [-0.05, 0) is 58.0 Å². The quantitative estimate of drug-likeness (QED) is 0.105. The van der Waals surface area contributed by atoms with Crippen LogP contribution in [0.25, 0.3) is 32.1 Å². The summed E-state index contributed by atoms with van der Waals surface area (Å²) < 4.78 is 50.6. The zero-order valence-corrected chi connectivity index (χ0v) is 31.4. The number of nitrogens with two attached hydrogens (primary N) is 1. The van der Waals surface area contributed by atoms with Crippen molar-refractivity contribution in [2.24, 2.45) is 0 Å². The Bertz CT molecular complexity index is 2320. The SMILES string of the molecule is CC(=O)OCNc1sc2c(F)ccc(-c3c(Cl)c4c5c(nc(OC[C@@H]6CCCN6C)nc5c3F)N(C(C)c3cccnc3N)C(C(C)O)CO4)c2c1C#N. The largest absolute Gasteiger partial charge is 0.489 e. The predicted molar refractivity (Wildman–Crippen MR) is 202 cm³/mol. The summed E-state index contributed by atoms with van der Waals surface area (Å²) in [6, 6.07) is 6.78. The van der Waals surface area contributed by atoms with E-state index >= 15 is 8.78 Å². The third kappa shape index (κ3) is 6.55. The summed E-state index contributed by atoms with van der Waals surface area (Å²) in [7, 11) is 2.00. The summed E-state index contributed by atoms with van der Waals surface area (Å²) in [5, 5.41) is 24.6. The van der Waals surface area contributed by atoms with Crippen molar-refractivity contribution >= 4 is 66.5 Å². The molecule has 3 unspecified atom stereocenters. The molecule has 0 bridgehead atoms. The predicted octanol–water partition coefficient (Wildman–Crippen LogP) is 6.41. The van der Waals surface area contributed by atoms with Crippen LogP contribution in [-0.4, -0.2) is 82.7 Å². The number of benzene rings is 2. The Labute approximate surface area is 318 Å². The number of likely N-dealkylation sites (N-methyl/N-ethyl adjacent to an activating group) is 1. The lowest BCUT2D eigenvalue weighted by molar-refractivity contribution is -0.140. The number of esters is 1. The molecule has 17 heteroatoms. The highest BCUT2D eigenvalue weighted by Crippen LogP contribution is 2.52. The maximum atomic E-state index is 17.5. The number of nitrogen functional groups attached to an aromatic ring is 1. The number of halogens is 3. The minimum Gasteiger partial charge on any atom is -0.489 e. The molecule has 2 aromatic carbocycles. The van der Waals surface area contributed by atoms with E-state index in [1.807, 2.05) is 20.0 Å². The number of likely N-dealkylation sites (tertiary alicyclic amines) is 1. The number of thiophene rings is 1. The lowest BCUT2D eigenvalue weighted by Crippen LogP contribution is -2.47. The van der Waals surface area contributed by atoms with Crippen LogP contribution in [0.3, 0.4) is 0 Å². The minimum absolute atomic E-state index is 0.00434. The number of nitrogens with one attached hydrogen (secondary N) is 1. The van der Waals surface area contributed by atoms with Gasteiger partial charge in [-0.1, -0.05) is 23.7 Å². The Balaban J connectivity index is 1.49. The number of carbonyl (C=O) groups is 1. The zero-order valence-electron chi connectivity index (χ0n) is 29.8. The van der Waals surface area contributed by atoms with E-state index in [0.717, 1.165) is 36.8 Å². The number of nitriles is 1. The topological polar surface area (TPSA) is 172 Å². The highest BCUT2D eigenvalue weighted by Gasteiger charge is 2.39. The Morgan fingerprint density at radius 1 is 1.28 bits per heavy atom. The highest BCUT2D eigenvalue weighted by molar-refractivity contribution is 7.23. The minimum atomic E-state index is -0.997. The van der Waals surface area contributed by atoms with E-state index in [-0.39, 0.29) is 97.1 Å². The maximum absolute atomic E-state index is 17.5. The molecule has 0 aliphatic carbocycles. The first kappa shape index (κ1) is 37.2. The Hall–Kier alpha value is -5.08. The molecule has 4 atom stereocenters. The average Bonchev–Trinajstić information content (AvgIpc) is 3.68. The number of anilines is 3. The molecule has 0 saturated carbocycles. The van der Waals surface area contributed by atoms with Gasteiger partial charge >= 0.3 is 12.0 Å². The van der Waals surface area contributed by atoms with Gasteiger partial charge in [0.2, 0.25) is 0 Å². The van der Waals surface area contributed by atoms with Gasteiger partial charge in [-0.2, -0.15) is 15.2 Å². The molecule has 54 heavy (non-hydrogen) atoms. The number of carbonyl (C=O) groups excluding carboxylic acids is 1. The first-order valence-corrected chi connectivity index (χ1v) is 18.5. The van der Waals surface area contributed by atoms with Gasteiger partial charge in [-0.15, -0.1) is 11.3 Å². The number of fused-ring (bicyclic) bond motifs is 1. The van der Waals surface area contributed by atoms with Crippen LogP contribution in [0.1, 0.15) is 50.8 Å². The highest BCUT2D eigenvalue weighted by atomic mass is 35.5. The van der Waals surface area contributed by atoms with Crippen LogP contribution < -0.4 is 25.4 Å². The van der Waals surface area contributed by atoms with Crippen molar-refractivity contribution in [3.63, 3.8) is 0 Å². The monoisotopic (exact) mass is 778 g/mol. The number of aliphatic hydroxyl groups excluding tert-OH is 1. The summed E-state index contributed by atoms with van der Waals surface area (Å²) >= 11 is 8.06. The van der Waals surface area contributed by atoms with Crippen LogP contribution in [0.5, 0.6) is 11.8 Å². The summed E-state index contributed by atoms with van der Waals surface area (Å²) in [5.74, 6) is -1.63. The third-order valence-corrected chi connectivity index (χ3v) is 11.5. The first-order valence-electron chi connectivity index (χ1n) is 17.3. The van der Waals surface area contributed by atoms with Gasteiger partial charge in [0.15, 0.2) is 18.3 Å². The lowest BCUT2D eigenvalue weighted by Gasteiger charge is -2.38. The standard InChI is InChI=1S/C37H37ClF2N8O5S/c1-17(21-8-5-11-43-34(21)42)48-25(18(2)49)15-51-32-28-31(45-37(46-35(28)48)52-14-20-7-6-12-47(20)4)30(40)27(29(32)38)22-9-10-24(39)33-26(22)23(13-41)36(54-33)44-16-53-19(3)50/h5,8-11,17-18,20,25,44,49H,6-7,12,14-16H2,1-4H3,(H2,42,43)/t17?,18?,20-,25?/m0/s1. The fraction of sp³-hybridized carbons (Fsp3) is 0.378. The van der Waals surface area contributed by atoms with Crippen molar-refractivity contribution < 1.29 is 32.9 Å². The number of nitrogens with zero attached hydrogens (tertiary/aromatic N) is 6. The second-order valence-electron chi connectivity index (χ2n) is 13.3. The molecule has 4 N–H and O–H groups in total. The second kappa shape index (κ2) is 15.0. The van der Waals surface area contributed by atoms with E-state index < -0.39 is 35.8 Å². The van der Waals surface area contributed by atoms with E-state index in [0.29, 0.717) is 5.56 Å². The maximum Gasteiger partial charge on any atom is 0.319 e. The summed E-state index contributed by atoms with van der Waals surface area (Å²) in [5.41, 5.74) is 6.68. The van der Waals surface area contributed by atoms with Crippen LogP contribution in [0.4, 0.5) is 25.4 Å². The number of hydrogen-bond donors (Lipinski definition) is 3. The Morgan fingerprint density at radius 3 is 2.76 bits per heavy atom. The number of pyridine rings is 1. The Kier molecular flexibility index (Phi) is 10.3. The third-order valence-electron chi connectivity index (χ3n) is 9.99. The molecule has 2 aliphatic heterocycles. The van der Waals surface area contributed by atoms with E-state index in [1.54, 1.807) is 24.1 Å². The van der Waals surface area contributed by atoms with Crippen molar-refractivity contribution in [3.05, 3.63) is 58.2 Å². The molecule has 0 spiro atoms. The molecule has 2 aliphatic rings. The van der Waals surface area contributed by atoms with Crippen molar-refractivity contribution in [1.29, 1.82) is 5.26 Å². The van der Waals surface area contributed by atoms with Crippen LogP contribution >= 0.6 is 22.9 Å². The van der Waals surface area contributed by atoms with Crippen molar-refractivity contribution in [3.8, 4) is 29.0 Å². The van der Waals surface area contributed by atoms with Gasteiger partial charge in [-0.25, -0.2) is 13.8 Å². The van der Waals surface area contributed by atoms with Crippen molar-refractivity contribution in [2.75, 3.05) is 49.5 Å². The fourth-order valence-electron chi connectivity index (χ4n) is 7.21. The van der Waals surface area contributed by atoms with Gasteiger partial charge in [0.25, 0.3) is 0 Å². The number of aliphatic hydroxyl groups is 1.